The van der Waals surface area contributed by atoms with Crippen molar-refractivity contribution >= 4 is 27.0 Å². The van der Waals surface area contributed by atoms with Crippen molar-refractivity contribution in [3.8, 4) is 0 Å². The highest BCUT2D eigenvalue weighted by atomic mass is 79.9. The number of aromatic nitrogens is 1. The summed E-state index contributed by atoms with van der Waals surface area (Å²) in [4.78, 5) is 4.42. The van der Waals surface area contributed by atoms with Crippen LogP contribution in [-0.4, -0.2) is 4.98 Å². The largest absolute Gasteiger partial charge is 0.439 e. The van der Waals surface area contributed by atoms with E-state index in [0.717, 1.165) is 15.6 Å². The van der Waals surface area contributed by atoms with E-state index in [0.29, 0.717) is 5.89 Å². The molecule has 0 radical (unpaired) electrons. The van der Waals surface area contributed by atoms with Crippen LogP contribution in [0.2, 0.25) is 0 Å². The Morgan fingerprint density at radius 3 is 2.69 bits per heavy atom. The highest BCUT2D eigenvalue weighted by Crippen LogP contribution is 2.32. The van der Waals surface area contributed by atoms with Crippen molar-refractivity contribution in [3.05, 3.63) is 28.6 Å². The molecule has 2 N–H and O–H groups in total. The van der Waals surface area contributed by atoms with Crippen molar-refractivity contribution in [2.75, 3.05) is 0 Å². The Bertz CT molecular complexity index is 513. The number of nitrogens with zero attached hydrogens (tertiary/aromatic N) is 1. The van der Waals surface area contributed by atoms with E-state index in [4.69, 9.17) is 10.2 Å². The van der Waals surface area contributed by atoms with Crippen molar-refractivity contribution in [1.82, 2.24) is 4.98 Å². The summed E-state index contributed by atoms with van der Waals surface area (Å²) in [6.45, 7) is 6.22. The Morgan fingerprint density at radius 1 is 1.38 bits per heavy atom. The Balaban J connectivity index is 2.47. The van der Waals surface area contributed by atoms with E-state index in [9.17, 15) is 0 Å². The molecule has 0 amide bonds. The summed E-state index contributed by atoms with van der Waals surface area (Å²) >= 11 is 3.41. The highest BCUT2D eigenvalue weighted by molar-refractivity contribution is 9.10. The predicted molar refractivity (Wildman–Crippen MR) is 68.1 cm³/mol. The number of hydrogen-bond acceptors (Lipinski definition) is 3. The monoisotopic (exact) mass is 282 g/mol. The molecule has 0 spiro atoms. The standard InChI is InChI=1S/C12H15BrN2O/c1-12(2,3)10(14)11-15-8-6-7(13)4-5-9(8)16-11/h4-6,10H,14H2,1-3H3. The summed E-state index contributed by atoms with van der Waals surface area (Å²) in [7, 11) is 0. The van der Waals surface area contributed by atoms with E-state index >= 15 is 0 Å². The van der Waals surface area contributed by atoms with Crippen LogP contribution < -0.4 is 5.73 Å². The fourth-order valence-corrected chi connectivity index (χ4v) is 1.77. The van der Waals surface area contributed by atoms with Crippen molar-refractivity contribution in [3.63, 3.8) is 0 Å². The van der Waals surface area contributed by atoms with Crippen LogP contribution in [0.5, 0.6) is 0 Å². The summed E-state index contributed by atoms with van der Waals surface area (Å²) in [6, 6.07) is 5.56. The number of rotatable bonds is 1. The minimum Gasteiger partial charge on any atom is -0.439 e. The second-order valence-corrected chi connectivity index (χ2v) is 5.92. The second kappa shape index (κ2) is 3.86. The van der Waals surface area contributed by atoms with Crippen LogP contribution in [-0.2, 0) is 0 Å². The topological polar surface area (TPSA) is 52.0 Å². The van der Waals surface area contributed by atoms with Gasteiger partial charge in [-0.05, 0) is 23.6 Å². The van der Waals surface area contributed by atoms with Crippen LogP contribution in [0.3, 0.4) is 0 Å². The maximum absolute atomic E-state index is 6.11. The maximum Gasteiger partial charge on any atom is 0.212 e. The molecule has 0 saturated heterocycles. The Labute approximate surface area is 103 Å². The van der Waals surface area contributed by atoms with Gasteiger partial charge in [-0.2, -0.15) is 0 Å². The molecule has 0 aliphatic carbocycles. The molecule has 1 aromatic heterocycles. The van der Waals surface area contributed by atoms with Gasteiger partial charge in [0.15, 0.2) is 5.58 Å². The zero-order chi connectivity index (χ0) is 11.9. The van der Waals surface area contributed by atoms with Crippen LogP contribution >= 0.6 is 15.9 Å². The first-order chi connectivity index (χ1) is 7.38. The lowest BCUT2D eigenvalue weighted by molar-refractivity contribution is 0.282. The molecular formula is C12H15BrN2O. The summed E-state index contributed by atoms with van der Waals surface area (Å²) in [5.41, 5.74) is 7.66. The molecule has 1 unspecified atom stereocenters. The molecule has 2 aromatic rings. The number of benzene rings is 1. The van der Waals surface area contributed by atoms with E-state index in [-0.39, 0.29) is 11.5 Å². The Hall–Kier alpha value is -0.870. The van der Waals surface area contributed by atoms with Gasteiger partial charge < -0.3 is 10.2 Å². The van der Waals surface area contributed by atoms with E-state index in [1.54, 1.807) is 0 Å². The molecule has 1 atom stereocenters. The fourth-order valence-electron chi connectivity index (χ4n) is 1.42. The lowest BCUT2D eigenvalue weighted by Crippen LogP contribution is -2.26. The summed E-state index contributed by atoms with van der Waals surface area (Å²) < 4.78 is 6.64. The highest BCUT2D eigenvalue weighted by Gasteiger charge is 2.26. The van der Waals surface area contributed by atoms with E-state index < -0.39 is 0 Å². The van der Waals surface area contributed by atoms with Crippen LogP contribution in [0.25, 0.3) is 11.1 Å². The van der Waals surface area contributed by atoms with Crippen LogP contribution in [0, 0.1) is 5.41 Å². The normalized spacial score (nSPS) is 14.3. The maximum atomic E-state index is 6.11. The van der Waals surface area contributed by atoms with Gasteiger partial charge in [0.2, 0.25) is 5.89 Å². The second-order valence-electron chi connectivity index (χ2n) is 5.01. The van der Waals surface area contributed by atoms with Gasteiger partial charge >= 0.3 is 0 Å². The lowest BCUT2D eigenvalue weighted by atomic mass is 9.87. The molecule has 0 bridgehead atoms. The van der Waals surface area contributed by atoms with Crippen molar-refractivity contribution < 1.29 is 4.42 Å². The lowest BCUT2D eigenvalue weighted by Gasteiger charge is -2.23. The van der Waals surface area contributed by atoms with Crippen molar-refractivity contribution in [2.24, 2.45) is 11.1 Å². The first-order valence-electron chi connectivity index (χ1n) is 5.19. The average molecular weight is 283 g/mol. The molecule has 3 nitrogen and oxygen atoms in total. The first kappa shape index (κ1) is 11.6. The molecule has 1 heterocycles. The molecule has 0 aliphatic heterocycles. The molecular weight excluding hydrogens is 268 g/mol. The zero-order valence-electron chi connectivity index (χ0n) is 9.62. The Kier molecular flexibility index (Phi) is 2.80. The first-order valence-corrected chi connectivity index (χ1v) is 5.99. The van der Waals surface area contributed by atoms with Crippen LogP contribution in [0.4, 0.5) is 0 Å². The molecule has 4 heteroatoms. The van der Waals surface area contributed by atoms with Crippen LogP contribution in [0.1, 0.15) is 32.7 Å². The van der Waals surface area contributed by atoms with Gasteiger partial charge in [0.1, 0.15) is 5.52 Å². The third-order valence-electron chi connectivity index (χ3n) is 2.57. The minimum atomic E-state index is -0.196. The van der Waals surface area contributed by atoms with Gasteiger partial charge in [-0.1, -0.05) is 36.7 Å². The van der Waals surface area contributed by atoms with Gasteiger partial charge in [0.05, 0.1) is 6.04 Å². The average Bonchev–Trinajstić information content (AvgIpc) is 2.57. The fraction of sp³-hybridized carbons (Fsp3) is 0.417. The number of oxazole rings is 1. The number of halogens is 1. The van der Waals surface area contributed by atoms with E-state index in [2.05, 4.69) is 41.7 Å². The summed E-state index contributed by atoms with van der Waals surface area (Å²) in [6.07, 6.45) is 0. The third-order valence-corrected chi connectivity index (χ3v) is 3.06. The number of hydrogen-bond donors (Lipinski definition) is 1. The SMILES string of the molecule is CC(C)(C)C(N)c1nc2cc(Br)ccc2o1. The number of fused-ring (bicyclic) bond motifs is 1. The zero-order valence-corrected chi connectivity index (χ0v) is 11.2. The van der Waals surface area contributed by atoms with Crippen molar-refractivity contribution in [2.45, 2.75) is 26.8 Å². The summed E-state index contributed by atoms with van der Waals surface area (Å²) in [5.74, 6) is 0.598. The number of nitrogens with two attached hydrogens (primary N) is 1. The minimum absolute atomic E-state index is 0.0574. The Morgan fingerprint density at radius 2 is 2.06 bits per heavy atom. The molecule has 0 aliphatic rings. The van der Waals surface area contributed by atoms with Gasteiger partial charge in [-0.25, -0.2) is 4.98 Å². The third kappa shape index (κ3) is 2.13. The van der Waals surface area contributed by atoms with Gasteiger partial charge in [0, 0.05) is 4.47 Å². The summed E-state index contributed by atoms with van der Waals surface area (Å²) in [5, 5.41) is 0. The van der Waals surface area contributed by atoms with E-state index in [1.807, 2.05) is 18.2 Å². The van der Waals surface area contributed by atoms with Gasteiger partial charge in [0.25, 0.3) is 0 Å². The molecule has 1 aromatic carbocycles. The van der Waals surface area contributed by atoms with Crippen LogP contribution in [0.15, 0.2) is 27.1 Å². The van der Waals surface area contributed by atoms with Gasteiger partial charge in [-0.15, -0.1) is 0 Å². The molecule has 0 saturated carbocycles. The molecule has 0 fully saturated rings. The molecule has 2 rings (SSSR count). The van der Waals surface area contributed by atoms with E-state index in [1.165, 1.54) is 0 Å². The molecule has 86 valence electrons. The van der Waals surface area contributed by atoms with Crippen molar-refractivity contribution in [1.29, 1.82) is 0 Å². The molecule has 16 heavy (non-hydrogen) atoms. The van der Waals surface area contributed by atoms with Gasteiger partial charge in [-0.3, -0.25) is 0 Å². The smallest absolute Gasteiger partial charge is 0.212 e. The quantitative estimate of drug-likeness (QED) is 0.869. The predicted octanol–water partition coefficient (Wildman–Crippen LogP) is 3.64.